The fourth-order valence-electron chi connectivity index (χ4n) is 2.57. The van der Waals surface area contributed by atoms with Crippen LogP contribution in [0.4, 0.5) is 4.79 Å². The van der Waals surface area contributed by atoms with Gasteiger partial charge in [-0.15, -0.1) is 0 Å². The molecule has 2 N–H and O–H groups in total. The predicted octanol–water partition coefficient (Wildman–Crippen LogP) is 2.13. The molecule has 7 heteroatoms. The Morgan fingerprint density at radius 2 is 1.96 bits per heavy atom. The molecule has 24 heavy (non-hydrogen) atoms. The zero-order chi connectivity index (χ0) is 16.4. The number of rotatable bonds is 3. The molecule has 0 bridgehead atoms. The fraction of sp³-hybridized carbons (Fsp3) is 0.176. The zero-order valence-electron chi connectivity index (χ0n) is 12.8. The van der Waals surface area contributed by atoms with E-state index < -0.39 is 0 Å². The van der Waals surface area contributed by atoms with Gasteiger partial charge in [0.25, 0.3) is 0 Å². The van der Waals surface area contributed by atoms with E-state index in [0.29, 0.717) is 18.9 Å². The number of amides is 2. The molecule has 3 aromatic rings. The van der Waals surface area contributed by atoms with E-state index in [0.717, 1.165) is 16.8 Å². The largest absolute Gasteiger partial charge is 0.486 e. The van der Waals surface area contributed by atoms with Crippen molar-refractivity contribution >= 4 is 17.1 Å². The van der Waals surface area contributed by atoms with Crippen molar-refractivity contribution in [3.05, 3.63) is 54.9 Å². The van der Waals surface area contributed by atoms with Crippen LogP contribution in [-0.4, -0.2) is 34.9 Å². The second-order valence-electron chi connectivity index (χ2n) is 5.42. The second-order valence-corrected chi connectivity index (χ2v) is 5.42. The molecule has 2 aromatic carbocycles. The summed E-state index contributed by atoms with van der Waals surface area (Å²) in [5.41, 5.74) is 4.38. The Hall–Kier alpha value is -3.22. The first-order chi connectivity index (χ1) is 11.8. The molecule has 7 nitrogen and oxygen atoms in total. The van der Waals surface area contributed by atoms with Gasteiger partial charge < -0.3 is 14.8 Å². The Bertz CT molecular complexity index is 877. The zero-order valence-corrected chi connectivity index (χ0v) is 12.8. The molecule has 0 aliphatic carbocycles. The fourth-order valence-corrected chi connectivity index (χ4v) is 2.57. The highest BCUT2D eigenvalue weighted by atomic mass is 16.6. The van der Waals surface area contributed by atoms with E-state index in [1.807, 2.05) is 48.5 Å². The molecule has 122 valence electrons. The first kappa shape index (κ1) is 14.4. The van der Waals surface area contributed by atoms with E-state index in [-0.39, 0.29) is 12.1 Å². The maximum Gasteiger partial charge on any atom is 0.334 e. The molecule has 1 aromatic heterocycles. The number of fused-ring (bicyclic) bond motifs is 2. The third-order valence-corrected chi connectivity index (χ3v) is 3.73. The van der Waals surface area contributed by atoms with E-state index in [1.54, 1.807) is 11.0 Å². The van der Waals surface area contributed by atoms with Crippen molar-refractivity contribution in [2.75, 3.05) is 18.6 Å². The topological polar surface area (TPSA) is 77.4 Å². The normalized spacial score (nSPS) is 15.9. The van der Waals surface area contributed by atoms with Gasteiger partial charge in [-0.05, 0) is 24.3 Å². The van der Waals surface area contributed by atoms with Gasteiger partial charge in [-0.3, -0.25) is 0 Å². The lowest BCUT2D eigenvalue weighted by atomic mass is 10.2. The van der Waals surface area contributed by atoms with Crippen LogP contribution < -0.4 is 20.2 Å². The highest BCUT2D eigenvalue weighted by Crippen LogP contribution is 2.30. The molecule has 1 aliphatic heterocycles. The molecule has 0 radical (unpaired) electrons. The number of ether oxygens (including phenoxy) is 2. The summed E-state index contributed by atoms with van der Waals surface area (Å²) >= 11 is 0. The van der Waals surface area contributed by atoms with E-state index >= 15 is 0 Å². The van der Waals surface area contributed by atoms with Crippen molar-refractivity contribution < 1.29 is 14.3 Å². The minimum atomic E-state index is -0.333. The Morgan fingerprint density at radius 3 is 2.88 bits per heavy atom. The van der Waals surface area contributed by atoms with Gasteiger partial charge in [-0.2, -0.15) is 0 Å². The third-order valence-electron chi connectivity index (χ3n) is 3.73. The summed E-state index contributed by atoms with van der Waals surface area (Å²) in [4.78, 5) is 16.3. The Kier molecular flexibility index (Phi) is 3.66. The average molecular weight is 324 g/mol. The third kappa shape index (κ3) is 2.83. The molecular formula is C17H16N4O3. The summed E-state index contributed by atoms with van der Waals surface area (Å²) in [5, 5.41) is 2.78. The van der Waals surface area contributed by atoms with Crippen LogP contribution in [0.25, 0.3) is 11.0 Å². The average Bonchev–Trinajstić information content (AvgIpc) is 3.03. The van der Waals surface area contributed by atoms with Crippen LogP contribution in [-0.2, 0) is 0 Å². The quantitative estimate of drug-likeness (QED) is 0.774. The van der Waals surface area contributed by atoms with Crippen LogP contribution in [0.5, 0.6) is 11.5 Å². The van der Waals surface area contributed by atoms with Crippen molar-refractivity contribution in [3.63, 3.8) is 0 Å². The number of para-hydroxylation sites is 4. The lowest BCUT2D eigenvalue weighted by Gasteiger charge is -2.26. The van der Waals surface area contributed by atoms with Crippen LogP contribution in [0, 0.1) is 0 Å². The van der Waals surface area contributed by atoms with Gasteiger partial charge >= 0.3 is 6.03 Å². The molecule has 0 saturated carbocycles. The van der Waals surface area contributed by atoms with Crippen molar-refractivity contribution in [1.29, 1.82) is 0 Å². The summed E-state index contributed by atoms with van der Waals surface area (Å²) in [6, 6.07) is 14.7. The van der Waals surface area contributed by atoms with Gasteiger partial charge in [0.05, 0.1) is 17.6 Å². The smallest absolute Gasteiger partial charge is 0.334 e. The van der Waals surface area contributed by atoms with Crippen molar-refractivity contribution in [2.45, 2.75) is 6.10 Å². The molecular weight excluding hydrogens is 308 g/mol. The maximum absolute atomic E-state index is 12.1. The van der Waals surface area contributed by atoms with Crippen LogP contribution >= 0.6 is 0 Å². The Balaban J connectivity index is 1.34. The van der Waals surface area contributed by atoms with Crippen molar-refractivity contribution in [1.82, 2.24) is 15.0 Å². The molecule has 0 spiro atoms. The van der Waals surface area contributed by atoms with E-state index in [4.69, 9.17) is 9.47 Å². The highest BCUT2D eigenvalue weighted by molar-refractivity contribution is 5.85. The number of benzene rings is 2. The molecule has 1 atom stereocenters. The number of urea groups is 1. The minimum absolute atomic E-state index is 0.231. The van der Waals surface area contributed by atoms with Gasteiger partial charge in [-0.1, -0.05) is 24.3 Å². The first-order valence-corrected chi connectivity index (χ1v) is 7.65. The second kappa shape index (κ2) is 6.11. The SMILES string of the molecule is O=C(NC[C@@H]1COc2ccccc2O1)Nn1cnc2ccccc21. The van der Waals surface area contributed by atoms with Crippen molar-refractivity contribution in [3.8, 4) is 11.5 Å². The summed E-state index contributed by atoms with van der Waals surface area (Å²) in [6.45, 7) is 0.734. The summed E-state index contributed by atoms with van der Waals surface area (Å²) in [7, 11) is 0. The van der Waals surface area contributed by atoms with Gasteiger partial charge in [0.15, 0.2) is 17.6 Å². The van der Waals surface area contributed by atoms with Crippen LogP contribution in [0.1, 0.15) is 0 Å². The Morgan fingerprint density at radius 1 is 1.17 bits per heavy atom. The van der Waals surface area contributed by atoms with E-state index in [9.17, 15) is 4.79 Å². The maximum atomic E-state index is 12.1. The van der Waals surface area contributed by atoms with Crippen LogP contribution in [0.3, 0.4) is 0 Å². The van der Waals surface area contributed by atoms with Gasteiger partial charge in [0.1, 0.15) is 12.9 Å². The molecule has 2 heterocycles. The number of nitrogens with one attached hydrogen (secondary N) is 2. The first-order valence-electron chi connectivity index (χ1n) is 7.65. The lowest BCUT2D eigenvalue weighted by molar-refractivity contribution is 0.0922. The molecule has 0 unspecified atom stereocenters. The number of carbonyl (C=O) groups excluding carboxylic acids is 1. The highest BCUT2D eigenvalue weighted by Gasteiger charge is 2.21. The van der Waals surface area contributed by atoms with Crippen LogP contribution in [0.15, 0.2) is 54.9 Å². The number of hydrogen-bond acceptors (Lipinski definition) is 4. The molecule has 4 rings (SSSR count). The number of hydrogen-bond donors (Lipinski definition) is 2. The summed E-state index contributed by atoms with van der Waals surface area (Å²) in [5.74, 6) is 1.42. The Labute approximate surface area is 138 Å². The van der Waals surface area contributed by atoms with Crippen molar-refractivity contribution in [2.24, 2.45) is 0 Å². The number of nitrogens with zero attached hydrogens (tertiary/aromatic N) is 2. The number of carbonyl (C=O) groups is 1. The lowest BCUT2D eigenvalue weighted by Crippen LogP contribution is -2.43. The summed E-state index contributed by atoms with van der Waals surface area (Å²) in [6.07, 6.45) is 1.34. The standard InChI is InChI=1S/C17H16N4O3/c22-17(20-21-11-19-13-5-1-2-6-14(13)21)18-9-12-10-23-15-7-3-4-8-16(15)24-12/h1-8,11-12H,9-10H2,(H2,18,20,22)/t12-/m1/s1. The van der Waals surface area contributed by atoms with Gasteiger partial charge in [0.2, 0.25) is 0 Å². The molecule has 0 saturated heterocycles. The van der Waals surface area contributed by atoms with E-state index in [1.165, 1.54) is 0 Å². The summed E-state index contributed by atoms with van der Waals surface area (Å²) < 4.78 is 13.0. The number of imidazole rings is 1. The molecule has 2 amide bonds. The monoisotopic (exact) mass is 324 g/mol. The minimum Gasteiger partial charge on any atom is -0.486 e. The number of aromatic nitrogens is 2. The molecule has 0 fully saturated rings. The van der Waals surface area contributed by atoms with Crippen LogP contribution in [0.2, 0.25) is 0 Å². The molecule has 1 aliphatic rings. The van der Waals surface area contributed by atoms with Gasteiger partial charge in [-0.25, -0.2) is 19.9 Å². The predicted molar refractivity (Wildman–Crippen MR) is 88.8 cm³/mol. The van der Waals surface area contributed by atoms with Gasteiger partial charge in [0, 0.05) is 0 Å². The van der Waals surface area contributed by atoms with E-state index in [2.05, 4.69) is 15.7 Å².